The highest BCUT2D eigenvalue weighted by atomic mass is 16.5. The molecule has 92 valence electrons. The molecule has 2 aromatic heterocycles. The lowest BCUT2D eigenvalue weighted by molar-refractivity contribution is 0.366. The summed E-state index contributed by atoms with van der Waals surface area (Å²) in [7, 11) is 0. The van der Waals surface area contributed by atoms with Crippen molar-refractivity contribution in [1.82, 2.24) is 19.7 Å². The van der Waals surface area contributed by atoms with E-state index < -0.39 is 5.76 Å². The van der Waals surface area contributed by atoms with Crippen LogP contribution in [-0.4, -0.2) is 19.7 Å². The smallest absolute Gasteiger partial charge is 0.295 e. The van der Waals surface area contributed by atoms with Crippen LogP contribution >= 0.6 is 0 Å². The Morgan fingerprint density at radius 1 is 1.33 bits per heavy atom. The minimum absolute atomic E-state index is 0.0173. The van der Waals surface area contributed by atoms with Gasteiger partial charge in [-0.3, -0.25) is 4.52 Å². The van der Waals surface area contributed by atoms with Gasteiger partial charge in [0.25, 0.3) is 0 Å². The van der Waals surface area contributed by atoms with Crippen LogP contribution in [-0.2, 0) is 0 Å². The fourth-order valence-electron chi connectivity index (χ4n) is 2.12. The zero-order chi connectivity index (χ0) is 12.4. The van der Waals surface area contributed by atoms with Crippen molar-refractivity contribution in [3.05, 3.63) is 41.2 Å². The molecular weight excluding hydrogens is 232 g/mol. The molecule has 0 bridgehead atoms. The third-order valence-electron chi connectivity index (χ3n) is 2.96. The molecule has 2 heterocycles. The molecule has 0 saturated carbocycles. The van der Waals surface area contributed by atoms with Crippen LogP contribution in [0.4, 0.5) is 0 Å². The van der Waals surface area contributed by atoms with Crippen LogP contribution in [0.3, 0.4) is 0 Å². The van der Waals surface area contributed by atoms with Crippen LogP contribution in [0.5, 0.6) is 0 Å². The second-order valence-corrected chi connectivity index (χ2v) is 4.14. The maximum atomic E-state index is 11.8. The highest BCUT2D eigenvalue weighted by Crippen LogP contribution is 2.24. The summed E-state index contributed by atoms with van der Waals surface area (Å²) in [6.45, 7) is 0. The lowest BCUT2D eigenvalue weighted by Crippen LogP contribution is -2.21. The zero-order valence-corrected chi connectivity index (χ0v) is 9.69. The van der Waals surface area contributed by atoms with Gasteiger partial charge in [-0.15, -0.1) is 0 Å². The summed E-state index contributed by atoms with van der Waals surface area (Å²) >= 11 is 0. The first-order chi connectivity index (χ1) is 8.86. The molecule has 1 aliphatic carbocycles. The normalized spacial score (nSPS) is 19.0. The fourth-order valence-corrected chi connectivity index (χ4v) is 2.12. The Morgan fingerprint density at radius 3 is 2.89 bits per heavy atom. The molecule has 0 N–H and O–H groups in total. The zero-order valence-electron chi connectivity index (χ0n) is 9.69. The lowest BCUT2D eigenvalue weighted by Gasteiger charge is -2.17. The maximum absolute atomic E-state index is 11.8. The van der Waals surface area contributed by atoms with E-state index in [2.05, 4.69) is 21.2 Å². The van der Waals surface area contributed by atoms with Gasteiger partial charge in [-0.25, -0.2) is 19.3 Å². The van der Waals surface area contributed by atoms with Gasteiger partial charge in [-0.1, -0.05) is 17.3 Å². The summed E-state index contributed by atoms with van der Waals surface area (Å²) in [6, 6.07) is 1.70. The van der Waals surface area contributed by atoms with Crippen molar-refractivity contribution < 1.29 is 4.52 Å². The molecular formula is C12H12N4O2. The molecule has 0 amide bonds. The van der Waals surface area contributed by atoms with Gasteiger partial charge in [-0.05, 0) is 25.3 Å². The van der Waals surface area contributed by atoms with E-state index >= 15 is 0 Å². The van der Waals surface area contributed by atoms with E-state index in [0.29, 0.717) is 11.6 Å². The molecule has 0 aromatic carbocycles. The van der Waals surface area contributed by atoms with Crippen molar-refractivity contribution in [3.8, 4) is 11.6 Å². The van der Waals surface area contributed by atoms with Crippen molar-refractivity contribution in [3.63, 3.8) is 0 Å². The highest BCUT2D eigenvalue weighted by Gasteiger charge is 2.21. The molecule has 18 heavy (non-hydrogen) atoms. The Morgan fingerprint density at radius 2 is 2.17 bits per heavy atom. The summed E-state index contributed by atoms with van der Waals surface area (Å²) in [6.07, 6.45) is 10.3. The molecule has 3 rings (SSSR count). The van der Waals surface area contributed by atoms with Gasteiger partial charge in [0.2, 0.25) is 5.82 Å². The Bertz CT molecular complexity index is 615. The summed E-state index contributed by atoms with van der Waals surface area (Å²) in [4.78, 5) is 20.0. The maximum Gasteiger partial charge on any atom is 0.442 e. The first-order valence-electron chi connectivity index (χ1n) is 5.88. The number of hydrogen-bond acceptors (Lipinski definition) is 5. The van der Waals surface area contributed by atoms with Gasteiger partial charge in [-0.2, -0.15) is 0 Å². The van der Waals surface area contributed by atoms with Crippen LogP contribution in [0.1, 0.15) is 25.3 Å². The second kappa shape index (κ2) is 4.56. The van der Waals surface area contributed by atoms with Crippen molar-refractivity contribution in [2.24, 2.45) is 0 Å². The van der Waals surface area contributed by atoms with Gasteiger partial charge in [0.05, 0.1) is 6.04 Å². The molecule has 0 unspecified atom stereocenters. The lowest BCUT2D eigenvalue weighted by atomic mass is 10.0. The third-order valence-corrected chi connectivity index (χ3v) is 2.96. The monoisotopic (exact) mass is 244 g/mol. The van der Waals surface area contributed by atoms with E-state index in [1.54, 1.807) is 18.5 Å². The first kappa shape index (κ1) is 10.9. The Labute approximate surface area is 103 Å². The molecule has 0 spiro atoms. The van der Waals surface area contributed by atoms with E-state index in [1.807, 2.05) is 6.08 Å². The molecule has 1 atom stereocenters. The minimum Gasteiger partial charge on any atom is -0.295 e. The number of rotatable bonds is 2. The van der Waals surface area contributed by atoms with E-state index in [9.17, 15) is 4.79 Å². The van der Waals surface area contributed by atoms with E-state index in [0.717, 1.165) is 19.3 Å². The quantitative estimate of drug-likeness (QED) is 0.750. The van der Waals surface area contributed by atoms with E-state index in [1.165, 1.54) is 4.57 Å². The second-order valence-electron chi connectivity index (χ2n) is 4.14. The predicted octanol–water partition coefficient (Wildman–Crippen LogP) is 1.57. The summed E-state index contributed by atoms with van der Waals surface area (Å²) in [5.74, 6) is 0.327. The Balaban J connectivity index is 2.09. The molecule has 6 nitrogen and oxygen atoms in total. The number of nitrogens with zero attached hydrogens (tertiary/aromatic N) is 4. The van der Waals surface area contributed by atoms with Crippen LogP contribution < -0.4 is 5.76 Å². The van der Waals surface area contributed by atoms with Crippen molar-refractivity contribution in [1.29, 1.82) is 0 Å². The molecule has 0 fully saturated rings. The van der Waals surface area contributed by atoms with Crippen LogP contribution in [0.2, 0.25) is 0 Å². The molecule has 0 saturated heterocycles. The van der Waals surface area contributed by atoms with Gasteiger partial charge in [0.1, 0.15) is 0 Å². The third kappa shape index (κ3) is 1.85. The Hall–Kier alpha value is -2.24. The molecule has 6 heteroatoms. The standard InChI is InChI=1S/C12H12N4O2/c17-12-16(9-5-2-1-3-6-9)11(15-18-12)10-13-7-4-8-14-10/h2,4-5,7-9H,1,3,6H2/t9-/m1/s1. The number of aromatic nitrogens is 4. The predicted molar refractivity (Wildman–Crippen MR) is 63.8 cm³/mol. The van der Waals surface area contributed by atoms with Crippen molar-refractivity contribution >= 4 is 0 Å². The van der Waals surface area contributed by atoms with Crippen molar-refractivity contribution in [2.45, 2.75) is 25.3 Å². The van der Waals surface area contributed by atoms with E-state index in [4.69, 9.17) is 4.52 Å². The summed E-state index contributed by atoms with van der Waals surface area (Å²) < 4.78 is 6.27. The molecule has 1 aliphatic rings. The fraction of sp³-hybridized carbons (Fsp3) is 0.333. The van der Waals surface area contributed by atoms with Gasteiger partial charge >= 0.3 is 5.76 Å². The average Bonchev–Trinajstić information content (AvgIpc) is 2.83. The van der Waals surface area contributed by atoms with Crippen LogP contribution in [0.25, 0.3) is 11.6 Å². The first-order valence-corrected chi connectivity index (χ1v) is 5.88. The summed E-state index contributed by atoms with van der Waals surface area (Å²) in [5.41, 5.74) is 0. The molecule has 2 aromatic rings. The largest absolute Gasteiger partial charge is 0.442 e. The van der Waals surface area contributed by atoms with Crippen LogP contribution in [0, 0.1) is 0 Å². The minimum atomic E-state index is -0.464. The van der Waals surface area contributed by atoms with Crippen LogP contribution in [0.15, 0.2) is 39.9 Å². The number of hydrogen-bond donors (Lipinski definition) is 0. The van der Waals surface area contributed by atoms with Gasteiger partial charge in [0, 0.05) is 12.4 Å². The summed E-state index contributed by atoms with van der Waals surface area (Å²) in [5, 5.41) is 3.78. The van der Waals surface area contributed by atoms with Gasteiger partial charge in [0.15, 0.2) is 5.82 Å². The average molecular weight is 244 g/mol. The molecule has 0 radical (unpaired) electrons. The Kier molecular flexibility index (Phi) is 2.76. The highest BCUT2D eigenvalue weighted by molar-refractivity contribution is 5.42. The van der Waals surface area contributed by atoms with E-state index in [-0.39, 0.29) is 6.04 Å². The van der Waals surface area contributed by atoms with Gasteiger partial charge < -0.3 is 0 Å². The topological polar surface area (TPSA) is 73.8 Å². The SMILES string of the molecule is O=c1onc(-c2ncccn2)n1[C@@H]1C=CCCC1. The van der Waals surface area contributed by atoms with Crippen molar-refractivity contribution in [2.75, 3.05) is 0 Å². The number of allylic oxidation sites excluding steroid dienone is 2. The molecule has 0 aliphatic heterocycles.